The number of pyridine rings is 1. The first-order chi connectivity index (χ1) is 5.83. The molecule has 0 aromatic carbocycles. The highest BCUT2D eigenvalue weighted by atomic mass is 79.9. The Bertz CT molecular complexity index is 218. The van der Waals surface area contributed by atoms with E-state index in [1.54, 1.807) is 12.4 Å². The van der Waals surface area contributed by atoms with Gasteiger partial charge < -0.3 is 4.74 Å². The third kappa shape index (κ3) is 3.54. The van der Waals surface area contributed by atoms with Gasteiger partial charge in [-0.15, -0.1) is 0 Å². The SMILES string of the molecule is BrCC(Br)COc1cccnc1. The maximum absolute atomic E-state index is 5.42. The van der Waals surface area contributed by atoms with Gasteiger partial charge in [0.1, 0.15) is 12.4 Å². The Labute approximate surface area is 88.6 Å². The van der Waals surface area contributed by atoms with Gasteiger partial charge in [-0.05, 0) is 12.1 Å². The molecule has 1 unspecified atom stereocenters. The molecule has 0 aliphatic rings. The molecule has 66 valence electrons. The van der Waals surface area contributed by atoms with Crippen LogP contribution in [0.3, 0.4) is 0 Å². The van der Waals surface area contributed by atoms with Crippen LogP contribution in [0.2, 0.25) is 0 Å². The van der Waals surface area contributed by atoms with E-state index in [-0.39, 0.29) is 0 Å². The molecule has 0 bridgehead atoms. The van der Waals surface area contributed by atoms with E-state index in [0.29, 0.717) is 11.4 Å². The molecule has 0 saturated carbocycles. The van der Waals surface area contributed by atoms with Crippen LogP contribution in [0.5, 0.6) is 5.75 Å². The van der Waals surface area contributed by atoms with Crippen molar-refractivity contribution in [3.05, 3.63) is 24.5 Å². The molecule has 0 radical (unpaired) electrons. The van der Waals surface area contributed by atoms with Crippen LogP contribution in [-0.4, -0.2) is 21.7 Å². The van der Waals surface area contributed by atoms with Crippen LogP contribution < -0.4 is 4.74 Å². The Balaban J connectivity index is 2.33. The lowest BCUT2D eigenvalue weighted by Gasteiger charge is -2.07. The first-order valence-electron chi connectivity index (χ1n) is 3.56. The number of alkyl halides is 2. The molecule has 1 rings (SSSR count). The Kier molecular flexibility index (Phi) is 4.61. The Hall–Kier alpha value is -0.0900. The van der Waals surface area contributed by atoms with Crippen molar-refractivity contribution < 1.29 is 4.74 Å². The molecule has 1 heterocycles. The second-order valence-corrected chi connectivity index (χ2v) is 4.19. The normalized spacial score (nSPS) is 12.5. The van der Waals surface area contributed by atoms with E-state index in [2.05, 4.69) is 36.8 Å². The second kappa shape index (κ2) is 5.54. The summed E-state index contributed by atoms with van der Waals surface area (Å²) in [6, 6.07) is 3.74. The van der Waals surface area contributed by atoms with E-state index in [1.165, 1.54) is 0 Å². The fourth-order valence-corrected chi connectivity index (χ4v) is 0.983. The molecule has 1 aromatic rings. The molecule has 1 aromatic heterocycles. The van der Waals surface area contributed by atoms with Gasteiger partial charge in [-0.25, -0.2) is 0 Å². The average Bonchev–Trinajstić information content (AvgIpc) is 2.16. The van der Waals surface area contributed by atoms with Crippen molar-refractivity contribution in [3.63, 3.8) is 0 Å². The fraction of sp³-hybridized carbons (Fsp3) is 0.375. The summed E-state index contributed by atoms with van der Waals surface area (Å²) in [5.41, 5.74) is 0. The minimum atomic E-state index is 0.345. The minimum Gasteiger partial charge on any atom is -0.491 e. The van der Waals surface area contributed by atoms with Crippen molar-refractivity contribution >= 4 is 31.9 Å². The standard InChI is InChI=1S/C8H9Br2NO/c9-4-7(10)6-12-8-2-1-3-11-5-8/h1-3,5,7H,4,6H2. The molecule has 0 fully saturated rings. The summed E-state index contributed by atoms with van der Waals surface area (Å²) in [4.78, 5) is 4.28. The summed E-state index contributed by atoms with van der Waals surface area (Å²) < 4.78 is 5.42. The number of aromatic nitrogens is 1. The predicted molar refractivity (Wildman–Crippen MR) is 56.2 cm³/mol. The van der Waals surface area contributed by atoms with Crippen molar-refractivity contribution in [2.24, 2.45) is 0 Å². The molecule has 4 heteroatoms. The van der Waals surface area contributed by atoms with Crippen molar-refractivity contribution in [1.29, 1.82) is 0 Å². The lowest BCUT2D eigenvalue weighted by molar-refractivity contribution is 0.324. The molecule has 0 amide bonds. The predicted octanol–water partition coefficient (Wildman–Crippen LogP) is 2.62. The molecule has 0 aliphatic heterocycles. The third-order valence-electron chi connectivity index (χ3n) is 1.23. The van der Waals surface area contributed by atoms with Crippen LogP contribution in [-0.2, 0) is 0 Å². The van der Waals surface area contributed by atoms with Crippen LogP contribution in [0.25, 0.3) is 0 Å². The van der Waals surface area contributed by atoms with E-state index in [0.717, 1.165) is 11.1 Å². The number of hydrogen-bond acceptors (Lipinski definition) is 2. The zero-order valence-corrected chi connectivity index (χ0v) is 9.58. The zero-order valence-electron chi connectivity index (χ0n) is 6.41. The lowest BCUT2D eigenvalue weighted by Crippen LogP contribution is -2.12. The highest BCUT2D eigenvalue weighted by Crippen LogP contribution is 2.10. The highest BCUT2D eigenvalue weighted by Gasteiger charge is 2.01. The number of hydrogen-bond donors (Lipinski definition) is 0. The van der Waals surface area contributed by atoms with Crippen molar-refractivity contribution in [3.8, 4) is 5.75 Å². The van der Waals surface area contributed by atoms with E-state index < -0.39 is 0 Å². The molecule has 1 atom stereocenters. The van der Waals surface area contributed by atoms with Gasteiger partial charge in [-0.1, -0.05) is 31.9 Å². The van der Waals surface area contributed by atoms with Gasteiger partial charge in [0.2, 0.25) is 0 Å². The van der Waals surface area contributed by atoms with Crippen LogP contribution in [0, 0.1) is 0 Å². The highest BCUT2D eigenvalue weighted by molar-refractivity contribution is 9.12. The van der Waals surface area contributed by atoms with Crippen LogP contribution in [0.15, 0.2) is 24.5 Å². The van der Waals surface area contributed by atoms with Crippen molar-refractivity contribution in [2.75, 3.05) is 11.9 Å². The average molecular weight is 295 g/mol. The second-order valence-electron chi connectivity index (χ2n) is 2.25. The molecule has 0 aliphatic carbocycles. The quantitative estimate of drug-likeness (QED) is 0.797. The van der Waals surface area contributed by atoms with E-state index in [1.807, 2.05) is 12.1 Å². The van der Waals surface area contributed by atoms with Gasteiger partial charge in [0.15, 0.2) is 0 Å². The Morgan fingerprint density at radius 1 is 1.58 bits per heavy atom. The van der Waals surface area contributed by atoms with Crippen LogP contribution in [0.4, 0.5) is 0 Å². The number of rotatable bonds is 4. The maximum atomic E-state index is 5.42. The summed E-state index contributed by atoms with van der Waals surface area (Å²) in [6.45, 7) is 0.650. The van der Waals surface area contributed by atoms with E-state index in [9.17, 15) is 0 Å². The van der Waals surface area contributed by atoms with Gasteiger partial charge >= 0.3 is 0 Å². The number of ether oxygens (including phenoxy) is 1. The summed E-state index contributed by atoms with van der Waals surface area (Å²) >= 11 is 6.79. The third-order valence-corrected chi connectivity index (χ3v) is 3.47. The maximum Gasteiger partial charge on any atom is 0.137 e. The molecular formula is C8H9Br2NO. The van der Waals surface area contributed by atoms with E-state index >= 15 is 0 Å². The van der Waals surface area contributed by atoms with Gasteiger partial charge in [-0.3, -0.25) is 4.98 Å². The molecule has 12 heavy (non-hydrogen) atoms. The summed E-state index contributed by atoms with van der Waals surface area (Å²) in [7, 11) is 0. The first-order valence-corrected chi connectivity index (χ1v) is 5.59. The van der Waals surface area contributed by atoms with Crippen LogP contribution in [0.1, 0.15) is 0 Å². The molecule has 0 N–H and O–H groups in total. The molecule has 0 saturated heterocycles. The number of nitrogens with zero attached hydrogens (tertiary/aromatic N) is 1. The van der Waals surface area contributed by atoms with Gasteiger partial charge in [0, 0.05) is 11.5 Å². The zero-order chi connectivity index (χ0) is 8.81. The Morgan fingerprint density at radius 3 is 3.00 bits per heavy atom. The monoisotopic (exact) mass is 293 g/mol. The van der Waals surface area contributed by atoms with Gasteiger partial charge in [0.05, 0.1) is 11.0 Å². The summed E-state index contributed by atoms with van der Waals surface area (Å²) in [5.74, 6) is 0.808. The van der Waals surface area contributed by atoms with E-state index in [4.69, 9.17) is 4.74 Å². The Morgan fingerprint density at radius 2 is 2.42 bits per heavy atom. The molecule has 0 spiro atoms. The van der Waals surface area contributed by atoms with Gasteiger partial charge in [-0.2, -0.15) is 0 Å². The largest absolute Gasteiger partial charge is 0.491 e. The fourth-order valence-electron chi connectivity index (χ4n) is 0.664. The topological polar surface area (TPSA) is 22.1 Å². The molecule has 2 nitrogen and oxygen atoms in total. The minimum absolute atomic E-state index is 0.345. The first kappa shape index (κ1) is 9.99. The smallest absolute Gasteiger partial charge is 0.137 e. The lowest BCUT2D eigenvalue weighted by atomic mass is 10.4. The van der Waals surface area contributed by atoms with Gasteiger partial charge in [0.25, 0.3) is 0 Å². The summed E-state index contributed by atoms with van der Waals surface area (Å²) in [6.07, 6.45) is 3.43. The summed E-state index contributed by atoms with van der Waals surface area (Å²) in [5, 5.41) is 0.882. The van der Waals surface area contributed by atoms with Crippen molar-refractivity contribution in [1.82, 2.24) is 4.98 Å². The number of halogens is 2. The van der Waals surface area contributed by atoms with Crippen LogP contribution >= 0.6 is 31.9 Å². The van der Waals surface area contributed by atoms with Crippen molar-refractivity contribution in [2.45, 2.75) is 4.83 Å². The molecular weight excluding hydrogens is 286 g/mol.